The van der Waals surface area contributed by atoms with Crippen molar-refractivity contribution in [2.75, 3.05) is 0 Å². The SMILES string of the molecule is F[PH](F)(F)F.O=C(O)C(=O)O.[LiH]. The first kappa shape index (κ1) is 17.7. The van der Waals surface area contributed by atoms with Gasteiger partial charge in [-0.3, -0.25) is 0 Å². The number of carboxylic acid groups (broad SMARTS) is 2. The van der Waals surface area contributed by atoms with E-state index >= 15 is 0 Å². The number of carboxylic acids is 2. The molecule has 10 heteroatoms. The quantitative estimate of drug-likeness (QED) is 0.266. The van der Waals surface area contributed by atoms with Crippen molar-refractivity contribution in [3.63, 3.8) is 0 Å². The van der Waals surface area contributed by atoms with E-state index in [-0.39, 0.29) is 18.9 Å². The number of halogens is 4. The van der Waals surface area contributed by atoms with Crippen molar-refractivity contribution >= 4 is 39.3 Å². The van der Waals surface area contributed by atoms with E-state index in [1.165, 1.54) is 0 Å². The Morgan fingerprint density at radius 2 is 1.00 bits per heavy atom. The molecule has 0 aliphatic rings. The fourth-order valence-electron chi connectivity index (χ4n) is 0. The molecule has 4 nitrogen and oxygen atoms in total. The van der Waals surface area contributed by atoms with Gasteiger partial charge in [-0.1, -0.05) is 0 Å². The molecule has 0 aliphatic carbocycles. The van der Waals surface area contributed by atoms with Crippen molar-refractivity contribution < 1.29 is 36.6 Å². The average molecular weight is 206 g/mol. The van der Waals surface area contributed by atoms with Crippen LogP contribution in [0.3, 0.4) is 0 Å². The first-order chi connectivity index (χ1) is 4.64. The van der Waals surface area contributed by atoms with E-state index < -0.39 is 20.4 Å². The molecule has 0 aliphatic heterocycles. The Morgan fingerprint density at radius 1 is 0.917 bits per heavy atom. The molecule has 0 fully saturated rings. The van der Waals surface area contributed by atoms with E-state index in [0.717, 1.165) is 0 Å². The first-order valence-electron chi connectivity index (χ1n) is 1.86. The second-order valence-electron chi connectivity index (χ2n) is 1.04. The summed E-state index contributed by atoms with van der Waals surface area (Å²) in [5.74, 6) is -3.65. The minimum absolute atomic E-state index is 0. The topological polar surface area (TPSA) is 74.6 Å². The number of rotatable bonds is 0. The van der Waals surface area contributed by atoms with E-state index in [4.69, 9.17) is 19.8 Å². The van der Waals surface area contributed by atoms with Crippen molar-refractivity contribution in [2.45, 2.75) is 0 Å². The molecule has 0 atom stereocenters. The van der Waals surface area contributed by atoms with Crippen LogP contribution < -0.4 is 0 Å². The molecule has 0 rings (SSSR count). The van der Waals surface area contributed by atoms with Gasteiger partial charge in [-0.2, -0.15) is 0 Å². The molecule has 12 heavy (non-hydrogen) atoms. The Kier molecular flexibility index (Phi) is 10.8. The van der Waals surface area contributed by atoms with Gasteiger partial charge in [0.25, 0.3) is 0 Å². The summed E-state index contributed by atoms with van der Waals surface area (Å²) >= 11 is 0. The summed E-state index contributed by atoms with van der Waals surface area (Å²) in [4.78, 5) is 18.2. The standard InChI is InChI=1S/C2H2O4.F4HP.Li.H/c3-1(4)2(5)6;1-5(2,3)4;;/h(H,3,4)(H,5,6);5H;;. The molecule has 0 aromatic carbocycles. The van der Waals surface area contributed by atoms with E-state index in [0.29, 0.717) is 0 Å². The number of aliphatic carboxylic acids is 2. The zero-order valence-electron chi connectivity index (χ0n) is 4.72. The van der Waals surface area contributed by atoms with Gasteiger partial charge in [0.05, 0.1) is 0 Å². The summed E-state index contributed by atoms with van der Waals surface area (Å²) in [6.45, 7) is 0. The van der Waals surface area contributed by atoms with Crippen molar-refractivity contribution in [1.29, 1.82) is 0 Å². The van der Waals surface area contributed by atoms with Crippen LogP contribution in [-0.2, 0) is 9.59 Å². The average Bonchev–Trinajstić information content (AvgIpc) is 1.59. The summed E-state index contributed by atoms with van der Waals surface area (Å²) in [7, 11) is -6.61. The van der Waals surface area contributed by atoms with Gasteiger partial charge >= 0.3 is 56.1 Å². The number of carbonyl (C=O) groups is 2. The van der Waals surface area contributed by atoms with Crippen LogP contribution >= 0.6 is 8.51 Å². The number of hydrogen-bond acceptors (Lipinski definition) is 2. The van der Waals surface area contributed by atoms with Crippen LogP contribution in [-0.4, -0.2) is 41.0 Å². The van der Waals surface area contributed by atoms with Gasteiger partial charge in [-0.25, -0.2) is 9.59 Å². The minimum atomic E-state index is -6.61. The van der Waals surface area contributed by atoms with Crippen LogP contribution in [0.1, 0.15) is 0 Å². The molecule has 0 aromatic heterocycles. The normalized spacial score (nSPS) is 10.0. The Morgan fingerprint density at radius 3 is 1.00 bits per heavy atom. The summed E-state index contributed by atoms with van der Waals surface area (Å²) in [5.41, 5.74) is 0. The van der Waals surface area contributed by atoms with Gasteiger partial charge in [0.15, 0.2) is 0 Å². The van der Waals surface area contributed by atoms with Gasteiger partial charge in [-0.15, -0.1) is 0 Å². The molecule has 0 radical (unpaired) electrons. The third kappa shape index (κ3) is 53.8. The molecule has 0 saturated heterocycles. The van der Waals surface area contributed by atoms with Crippen LogP contribution in [0.2, 0.25) is 0 Å². The zero-order valence-corrected chi connectivity index (χ0v) is 5.72. The van der Waals surface area contributed by atoms with Crippen molar-refractivity contribution in [2.24, 2.45) is 0 Å². The van der Waals surface area contributed by atoms with E-state index in [2.05, 4.69) is 0 Å². The Hall–Kier alpha value is -0.313. The molecule has 0 aromatic rings. The maximum absolute atomic E-state index is 9.83. The molecule has 0 spiro atoms. The summed E-state index contributed by atoms with van der Waals surface area (Å²) < 4.78 is 39.3. The zero-order chi connectivity index (χ0) is 9.65. The van der Waals surface area contributed by atoms with E-state index in [9.17, 15) is 16.8 Å². The predicted octanol–water partition coefficient (Wildman–Crippen LogP) is 0.781. The van der Waals surface area contributed by atoms with Crippen LogP contribution in [0, 0.1) is 0 Å². The third-order valence-electron chi connectivity index (χ3n) is 0.183. The Bertz CT molecular complexity index is 140. The monoisotopic (exact) mass is 206 g/mol. The van der Waals surface area contributed by atoms with Gasteiger partial charge in [0.1, 0.15) is 0 Å². The van der Waals surface area contributed by atoms with Gasteiger partial charge in [0.2, 0.25) is 0 Å². The Balaban J connectivity index is -0.000000126. The second kappa shape index (κ2) is 7.34. The second-order valence-corrected chi connectivity index (χ2v) is 1.90. The molecular weight excluding hydrogens is 202 g/mol. The van der Waals surface area contributed by atoms with Gasteiger partial charge < -0.3 is 10.2 Å². The molecule has 2 N–H and O–H groups in total. The molecule has 0 heterocycles. The van der Waals surface area contributed by atoms with Crippen LogP contribution in [0.25, 0.3) is 0 Å². The van der Waals surface area contributed by atoms with Crippen molar-refractivity contribution in [3.05, 3.63) is 0 Å². The van der Waals surface area contributed by atoms with E-state index in [1.807, 2.05) is 0 Å². The van der Waals surface area contributed by atoms with Crippen molar-refractivity contribution in [1.82, 2.24) is 0 Å². The predicted molar refractivity (Wildman–Crippen MR) is 35.2 cm³/mol. The fraction of sp³-hybridized carbons (Fsp3) is 0. The molecule has 0 amide bonds. The molecule has 0 bridgehead atoms. The molecule has 70 valence electrons. The third-order valence-corrected chi connectivity index (χ3v) is 0.183. The van der Waals surface area contributed by atoms with Crippen LogP contribution in [0.5, 0.6) is 0 Å². The van der Waals surface area contributed by atoms with Crippen molar-refractivity contribution in [3.8, 4) is 0 Å². The molecule has 0 saturated carbocycles. The van der Waals surface area contributed by atoms with E-state index in [1.54, 1.807) is 0 Å². The molecular formula is C2H4F4LiO4P. The maximum atomic E-state index is 9.83. The summed E-state index contributed by atoms with van der Waals surface area (Å²) in [5, 5.41) is 14.8. The molecule has 0 unspecified atom stereocenters. The van der Waals surface area contributed by atoms with Crippen LogP contribution in [0.15, 0.2) is 0 Å². The first-order valence-corrected chi connectivity index (χ1v) is 3.37. The van der Waals surface area contributed by atoms with Gasteiger partial charge in [0, 0.05) is 0 Å². The fourth-order valence-corrected chi connectivity index (χ4v) is 0. The Labute approximate surface area is 76.6 Å². The van der Waals surface area contributed by atoms with Crippen LogP contribution in [0.4, 0.5) is 16.8 Å². The van der Waals surface area contributed by atoms with Gasteiger partial charge in [-0.05, 0) is 0 Å². The summed E-state index contributed by atoms with van der Waals surface area (Å²) in [6, 6.07) is 0. The summed E-state index contributed by atoms with van der Waals surface area (Å²) in [6.07, 6.45) is 0. The number of hydrogen-bond donors (Lipinski definition) is 2.